The van der Waals surface area contributed by atoms with Crippen molar-refractivity contribution in [1.82, 2.24) is 10.3 Å². The van der Waals surface area contributed by atoms with Crippen LogP contribution in [-0.4, -0.2) is 11.5 Å². The first-order valence-corrected chi connectivity index (χ1v) is 8.80. The Balaban J connectivity index is 1.61. The highest BCUT2D eigenvalue weighted by Crippen LogP contribution is 2.40. The van der Waals surface area contributed by atoms with Gasteiger partial charge in [0, 0.05) is 11.3 Å². The summed E-state index contributed by atoms with van der Waals surface area (Å²) in [7, 11) is 0. The van der Waals surface area contributed by atoms with Gasteiger partial charge in [0.25, 0.3) is 0 Å². The van der Waals surface area contributed by atoms with E-state index in [2.05, 4.69) is 24.5 Å². The Labute approximate surface area is 121 Å². The predicted molar refractivity (Wildman–Crippen MR) is 81.6 cm³/mol. The van der Waals surface area contributed by atoms with Gasteiger partial charge in [-0.15, -0.1) is 11.3 Å². The molecular weight excluding hydrogens is 252 g/mol. The minimum atomic E-state index is 0.539. The van der Waals surface area contributed by atoms with E-state index in [0.717, 1.165) is 24.3 Å². The summed E-state index contributed by atoms with van der Waals surface area (Å²) < 4.78 is 0. The van der Waals surface area contributed by atoms with E-state index >= 15 is 0 Å². The van der Waals surface area contributed by atoms with E-state index in [4.69, 9.17) is 4.98 Å². The molecule has 2 nitrogen and oxygen atoms in total. The second-order valence-corrected chi connectivity index (χ2v) is 7.50. The molecule has 0 spiro atoms. The lowest BCUT2D eigenvalue weighted by Crippen LogP contribution is -2.18. The zero-order valence-electron chi connectivity index (χ0n) is 12.2. The molecule has 1 unspecified atom stereocenters. The summed E-state index contributed by atoms with van der Waals surface area (Å²) in [5.41, 5.74) is 1.31. The molecular formula is C16H26N2S. The molecule has 1 N–H and O–H groups in total. The first-order valence-electron chi connectivity index (χ1n) is 7.92. The molecule has 0 amide bonds. The average molecular weight is 278 g/mol. The second-order valence-electron chi connectivity index (χ2n) is 6.62. The van der Waals surface area contributed by atoms with Gasteiger partial charge in [0.1, 0.15) is 0 Å². The molecule has 3 heteroatoms. The monoisotopic (exact) mass is 278 g/mol. The molecule has 0 bridgehead atoms. The summed E-state index contributed by atoms with van der Waals surface area (Å²) in [6.07, 6.45) is 8.08. The largest absolute Gasteiger partial charge is 0.309 e. The van der Waals surface area contributed by atoms with Crippen LogP contribution in [-0.2, 0) is 0 Å². The van der Waals surface area contributed by atoms with Crippen LogP contribution >= 0.6 is 11.3 Å². The van der Waals surface area contributed by atoms with Crippen LogP contribution in [0, 0.1) is 11.8 Å². The Morgan fingerprint density at radius 2 is 2.00 bits per heavy atom. The lowest BCUT2D eigenvalue weighted by atomic mass is 9.77. The van der Waals surface area contributed by atoms with Gasteiger partial charge in [-0.1, -0.05) is 13.8 Å². The van der Waals surface area contributed by atoms with E-state index in [1.165, 1.54) is 49.2 Å². The number of nitrogens with zero attached hydrogens (tertiary/aromatic N) is 1. The summed E-state index contributed by atoms with van der Waals surface area (Å²) in [5, 5.41) is 7.26. The highest BCUT2D eigenvalue weighted by molar-refractivity contribution is 7.09. The summed E-state index contributed by atoms with van der Waals surface area (Å²) in [4.78, 5) is 4.94. The summed E-state index contributed by atoms with van der Waals surface area (Å²) in [6, 6.07) is 0.539. The fourth-order valence-corrected chi connectivity index (χ4v) is 4.66. The molecule has 2 fully saturated rings. The quantitative estimate of drug-likeness (QED) is 0.880. The minimum absolute atomic E-state index is 0.539. The number of hydrogen-bond acceptors (Lipinski definition) is 3. The maximum absolute atomic E-state index is 4.94. The highest BCUT2D eigenvalue weighted by Gasteiger charge is 2.27. The smallest absolute Gasteiger partial charge is 0.0959 e. The molecule has 106 valence electrons. The minimum Gasteiger partial charge on any atom is -0.309 e. The van der Waals surface area contributed by atoms with Gasteiger partial charge in [0.05, 0.1) is 16.7 Å². The molecule has 1 aromatic heterocycles. The fraction of sp³-hybridized carbons (Fsp3) is 0.812. The molecule has 1 saturated carbocycles. The molecule has 19 heavy (non-hydrogen) atoms. The molecule has 2 aliphatic rings. The van der Waals surface area contributed by atoms with Gasteiger partial charge in [-0.3, -0.25) is 0 Å². The molecule has 3 rings (SSSR count). The van der Waals surface area contributed by atoms with Gasteiger partial charge in [-0.25, -0.2) is 4.98 Å². The number of thiazole rings is 1. The van der Waals surface area contributed by atoms with E-state index in [1.54, 1.807) is 0 Å². The maximum Gasteiger partial charge on any atom is 0.0959 e. The first-order chi connectivity index (χ1) is 9.24. The van der Waals surface area contributed by atoms with Gasteiger partial charge in [0.15, 0.2) is 0 Å². The average Bonchev–Trinajstić information content (AvgIpc) is 3.10. The number of rotatable bonds is 3. The van der Waals surface area contributed by atoms with Gasteiger partial charge in [-0.2, -0.15) is 0 Å². The van der Waals surface area contributed by atoms with Gasteiger partial charge in [-0.05, 0) is 56.9 Å². The van der Waals surface area contributed by atoms with Crippen LogP contribution in [0.15, 0.2) is 5.38 Å². The summed E-state index contributed by atoms with van der Waals surface area (Å²) >= 11 is 1.90. The van der Waals surface area contributed by atoms with E-state index < -0.39 is 0 Å². The molecule has 0 aromatic carbocycles. The van der Waals surface area contributed by atoms with E-state index in [9.17, 15) is 0 Å². The van der Waals surface area contributed by atoms with Crippen molar-refractivity contribution in [2.24, 2.45) is 11.8 Å². The van der Waals surface area contributed by atoms with Crippen LogP contribution in [0.2, 0.25) is 0 Å². The molecule has 0 radical (unpaired) electrons. The van der Waals surface area contributed by atoms with Crippen molar-refractivity contribution in [3.8, 4) is 0 Å². The second kappa shape index (κ2) is 5.92. The highest BCUT2D eigenvalue weighted by atomic mass is 32.1. The lowest BCUT2D eigenvalue weighted by Gasteiger charge is -2.29. The number of aromatic nitrogens is 1. The summed E-state index contributed by atoms with van der Waals surface area (Å²) in [5.74, 6) is 2.55. The molecule has 2 heterocycles. The van der Waals surface area contributed by atoms with Crippen molar-refractivity contribution >= 4 is 11.3 Å². The zero-order chi connectivity index (χ0) is 13.2. The van der Waals surface area contributed by atoms with Crippen molar-refractivity contribution in [3.05, 3.63) is 16.1 Å². The van der Waals surface area contributed by atoms with Crippen molar-refractivity contribution < 1.29 is 0 Å². The topological polar surface area (TPSA) is 24.9 Å². The summed E-state index contributed by atoms with van der Waals surface area (Å²) in [6.45, 7) is 5.91. The fourth-order valence-electron chi connectivity index (χ4n) is 3.62. The first kappa shape index (κ1) is 13.6. The number of nitrogens with one attached hydrogen (secondary N) is 1. The third kappa shape index (κ3) is 3.03. The van der Waals surface area contributed by atoms with Crippen LogP contribution < -0.4 is 5.32 Å². The normalized spacial score (nSPS) is 32.1. The van der Waals surface area contributed by atoms with Crippen LogP contribution in [0.5, 0.6) is 0 Å². The lowest BCUT2D eigenvalue weighted by molar-refractivity contribution is 0.258. The maximum atomic E-state index is 4.94. The number of hydrogen-bond donors (Lipinski definition) is 1. The molecule has 1 saturated heterocycles. The molecule has 1 aromatic rings. The van der Waals surface area contributed by atoms with Crippen molar-refractivity contribution in [2.75, 3.05) is 6.54 Å². The Morgan fingerprint density at radius 3 is 2.63 bits per heavy atom. The zero-order valence-corrected chi connectivity index (χ0v) is 13.0. The Kier molecular flexibility index (Phi) is 4.23. The Bertz CT molecular complexity index is 399. The van der Waals surface area contributed by atoms with Crippen LogP contribution in [0.4, 0.5) is 0 Å². The Hall–Kier alpha value is -0.410. The van der Waals surface area contributed by atoms with Crippen LogP contribution in [0.3, 0.4) is 0 Å². The van der Waals surface area contributed by atoms with Crippen LogP contribution in [0.1, 0.15) is 75.0 Å². The van der Waals surface area contributed by atoms with E-state index in [-0.39, 0.29) is 0 Å². The van der Waals surface area contributed by atoms with E-state index in [1.807, 2.05) is 11.3 Å². The predicted octanol–water partition coefficient (Wildman–Crippen LogP) is 4.50. The van der Waals surface area contributed by atoms with Gasteiger partial charge >= 0.3 is 0 Å². The van der Waals surface area contributed by atoms with Gasteiger partial charge in [0.2, 0.25) is 0 Å². The van der Waals surface area contributed by atoms with Crippen LogP contribution in [0.25, 0.3) is 0 Å². The molecule has 1 atom stereocenters. The standard InChI is InChI=1S/C16H26N2S/c1-11(2)12-5-7-13(8-6-12)16-18-15(10-19-16)14-4-3-9-17-14/h10-14,17H,3-9H2,1-2H3. The SMILES string of the molecule is CC(C)C1CCC(c2nc(C3CCCN3)cs2)CC1. The third-order valence-corrected chi connectivity index (χ3v) is 6.05. The van der Waals surface area contributed by atoms with Crippen molar-refractivity contribution in [1.29, 1.82) is 0 Å². The molecule has 1 aliphatic heterocycles. The van der Waals surface area contributed by atoms with E-state index in [0.29, 0.717) is 6.04 Å². The third-order valence-electron chi connectivity index (χ3n) is 5.02. The molecule has 1 aliphatic carbocycles. The van der Waals surface area contributed by atoms with Crippen molar-refractivity contribution in [3.63, 3.8) is 0 Å². The van der Waals surface area contributed by atoms with Crippen molar-refractivity contribution in [2.45, 2.75) is 64.3 Å². The Morgan fingerprint density at radius 1 is 1.21 bits per heavy atom. The van der Waals surface area contributed by atoms with Gasteiger partial charge < -0.3 is 5.32 Å².